The molecular formula is C25H29ClN2O4S. The van der Waals surface area contributed by atoms with Crippen LogP contribution >= 0.6 is 12.4 Å². The highest BCUT2D eigenvalue weighted by Gasteiger charge is 2.40. The fraction of sp³-hybridized carbons (Fsp3) is 0.400. The third-order valence-corrected chi connectivity index (χ3v) is 7.99. The maximum absolute atomic E-state index is 12.7. The molecule has 1 heterocycles. The van der Waals surface area contributed by atoms with Crippen molar-refractivity contribution in [3.05, 3.63) is 59.2 Å². The van der Waals surface area contributed by atoms with Crippen molar-refractivity contribution in [2.45, 2.75) is 43.5 Å². The molecule has 1 aliphatic heterocycles. The summed E-state index contributed by atoms with van der Waals surface area (Å²) in [4.78, 5) is 14.9. The van der Waals surface area contributed by atoms with Crippen molar-refractivity contribution in [3.8, 4) is 17.6 Å². The largest absolute Gasteiger partial charge is 0.496 e. The summed E-state index contributed by atoms with van der Waals surface area (Å²) in [5, 5.41) is 0. The minimum atomic E-state index is -3.81. The lowest BCUT2D eigenvalue weighted by Crippen LogP contribution is -2.40. The van der Waals surface area contributed by atoms with Crippen LogP contribution in [0.4, 0.5) is 0 Å². The molecule has 33 heavy (non-hydrogen) atoms. The van der Waals surface area contributed by atoms with E-state index in [1.165, 1.54) is 17.2 Å². The van der Waals surface area contributed by atoms with Gasteiger partial charge in [-0.1, -0.05) is 43.0 Å². The Bertz CT molecular complexity index is 1170. The van der Waals surface area contributed by atoms with Crippen LogP contribution in [-0.4, -0.2) is 56.3 Å². The van der Waals surface area contributed by atoms with E-state index in [9.17, 15) is 13.2 Å². The van der Waals surface area contributed by atoms with Crippen LogP contribution < -0.4 is 4.74 Å². The number of nitrogens with zero attached hydrogens (tertiary/aromatic N) is 2. The zero-order chi connectivity index (χ0) is 22.7. The van der Waals surface area contributed by atoms with Gasteiger partial charge in [0.15, 0.2) is 0 Å². The molecule has 0 N–H and O–H groups in total. The Labute approximate surface area is 202 Å². The summed E-state index contributed by atoms with van der Waals surface area (Å²) in [6.45, 7) is 3.47. The Morgan fingerprint density at radius 2 is 1.94 bits per heavy atom. The predicted octanol–water partition coefficient (Wildman–Crippen LogP) is 3.53. The number of halogens is 1. The number of fused-ring (bicyclic) bond motifs is 2. The number of rotatable bonds is 6. The van der Waals surface area contributed by atoms with E-state index in [-0.39, 0.29) is 29.4 Å². The van der Waals surface area contributed by atoms with E-state index in [2.05, 4.69) is 29.7 Å². The van der Waals surface area contributed by atoms with Gasteiger partial charge >= 0.3 is 0 Å². The number of aryl methyl sites for hydroxylation is 1. The molecule has 2 aromatic rings. The van der Waals surface area contributed by atoms with E-state index in [0.29, 0.717) is 12.6 Å². The SMILES string of the molecule is CCCN(CC#CCN1C(=O)c2ccccc2S1(=O)=O)C1CCc2cccc(OC)c2C1.Cl. The highest BCUT2D eigenvalue weighted by molar-refractivity contribution is 7.90. The third kappa shape index (κ3) is 4.89. The molecule has 2 aromatic carbocycles. The molecular weight excluding hydrogens is 460 g/mol. The molecule has 0 bridgehead atoms. The Hall–Kier alpha value is -2.53. The number of methoxy groups -OCH3 is 1. The molecule has 1 atom stereocenters. The van der Waals surface area contributed by atoms with Gasteiger partial charge in [0, 0.05) is 6.04 Å². The van der Waals surface area contributed by atoms with E-state index >= 15 is 0 Å². The van der Waals surface area contributed by atoms with Crippen LogP contribution in [0.25, 0.3) is 0 Å². The summed E-state index contributed by atoms with van der Waals surface area (Å²) in [5.74, 6) is 6.48. The molecule has 1 aliphatic carbocycles. The van der Waals surface area contributed by atoms with Crippen molar-refractivity contribution in [1.82, 2.24) is 9.21 Å². The number of carbonyl (C=O) groups excluding carboxylic acids is 1. The maximum Gasteiger partial charge on any atom is 0.269 e. The van der Waals surface area contributed by atoms with Crippen LogP contribution in [0, 0.1) is 11.8 Å². The predicted molar refractivity (Wildman–Crippen MR) is 130 cm³/mol. The lowest BCUT2D eigenvalue weighted by molar-refractivity contribution is 0.0882. The van der Waals surface area contributed by atoms with Crippen molar-refractivity contribution >= 4 is 28.3 Å². The molecule has 2 aliphatic rings. The number of carbonyl (C=O) groups is 1. The van der Waals surface area contributed by atoms with Gasteiger partial charge in [-0.05, 0) is 61.6 Å². The molecule has 0 aromatic heterocycles. The number of hydrogen-bond donors (Lipinski definition) is 0. The standard InChI is InChI=1S/C25H28N2O4S.ClH/c1-3-15-26(20-14-13-19-9-8-11-23(31-2)22(19)18-20)16-6-7-17-27-25(28)21-10-4-5-12-24(21)32(27,29)30;/h4-5,8-12,20H,3,13-18H2,1-2H3;1H. The van der Waals surface area contributed by atoms with E-state index in [4.69, 9.17) is 4.74 Å². The van der Waals surface area contributed by atoms with Gasteiger partial charge in [-0.15, -0.1) is 12.4 Å². The van der Waals surface area contributed by atoms with Crippen LogP contribution in [0.1, 0.15) is 41.3 Å². The Morgan fingerprint density at radius 1 is 1.15 bits per heavy atom. The van der Waals surface area contributed by atoms with Crippen molar-refractivity contribution in [2.75, 3.05) is 26.7 Å². The van der Waals surface area contributed by atoms with Gasteiger partial charge in [0.2, 0.25) is 0 Å². The number of ether oxygens (including phenoxy) is 1. The first kappa shape index (κ1) is 25.1. The van der Waals surface area contributed by atoms with Gasteiger partial charge < -0.3 is 4.74 Å². The molecule has 0 radical (unpaired) electrons. The Morgan fingerprint density at radius 3 is 2.67 bits per heavy atom. The topological polar surface area (TPSA) is 66.9 Å². The minimum absolute atomic E-state index is 0. The summed E-state index contributed by atoms with van der Waals surface area (Å²) in [6.07, 6.45) is 3.97. The third-order valence-electron chi connectivity index (χ3n) is 6.21. The van der Waals surface area contributed by atoms with Crippen LogP contribution in [0.3, 0.4) is 0 Å². The van der Waals surface area contributed by atoms with E-state index in [1.54, 1.807) is 25.3 Å². The van der Waals surface area contributed by atoms with Gasteiger partial charge in [0.1, 0.15) is 10.6 Å². The molecule has 1 unspecified atom stereocenters. The monoisotopic (exact) mass is 488 g/mol. The summed E-state index contributed by atoms with van der Waals surface area (Å²) < 4.78 is 31.8. The van der Waals surface area contributed by atoms with Gasteiger partial charge in [0.25, 0.3) is 15.9 Å². The molecule has 0 spiro atoms. The van der Waals surface area contributed by atoms with Gasteiger partial charge in [-0.25, -0.2) is 12.7 Å². The van der Waals surface area contributed by atoms with Crippen molar-refractivity contribution in [1.29, 1.82) is 0 Å². The Balaban J connectivity index is 0.00000306. The minimum Gasteiger partial charge on any atom is -0.496 e. The molecule has 176 valence electrons. The first-order valence-corrected chi connectivity index (χ1v) is 12.4. The maximum atomic E-state index is 12.7. The second-order valence-corrected chi connectivity index (χ2v) is 9.96. The first-order valence-electron chi connectivity index (χ1n) is 11.0. The number of sulfonamides is 1. The van der Waals surface area contributed by atoms with Crippen LogP contribution in [0.5, 0.6) is 5.75 Å². The van der Waals surface area contributed by atoms with E-state index in [0.717, 1.165) is 42.3 Å². The number of amides is 1. The van der Waals surface area contributed by atoms with Crippen molar-refractivity contribution in [3.63, 3.8) is 0 Å². The molecule has 0 saturated heterocycles. The van der Waals surface area contributed by atoms with E-state index < -0.39 is 15.9 Å². The zero-order valence-electron chi connectivity index (χ0n) is 18.9. The zero-order valence-corrected chi connectivity index (χ0v) is 20.5. The average molecular weight is 489 g/mol. The second-order valence-electron chi connectivity index (χ2n) is 8.13. The fourth-order valence-electron chi connectivity index (χ4n) is 4.59. The lowest BCUT2D eigenvalue weighted by Gasteiger charge is -2.34. The highest BCUT2D eigenvalue weighted by atomic mass is 35.5. The van der Waals surface area contributed by atoms with Crippen LogP contribution in [0.15, 0.2) is 47.4 Å². The summed E-state index contributed by atoms with van der Waals surface area (Å²) in [5.41, 5.74) is 2.84. The average Bonchev–Trinajstić information content (AvgIpc) is 3.00. The van der Waals surface area contributed by atoms with Gasteiger partial charge in [-0.2, -0.15) is 0 Å². The first-order chi connectivity index (χ1) is 15.5. The van der Waals surface area contributed by atoms with Crippen molar-refractivity contribution in [2.24, 2.45) is 0 Å². The number of hydrogen-bond acceptors (Lipinski definition) is 5. The van der Waals surface area contributed by atoms with E-state index in [1.807, 2.05) is 12.1 Å². The summed E-state index contributed by atoms with van der Waals surface area (Å²) >= 11 is 0. The van der Waals surface area contributed by atoms with Gasteiger partial charge in [0.05, 0.1) is 25.8 Å². The second kappa shape index (κ2) is 10.6. The van der Waals surface area contributed by atoms with Crippen LogP contribution in [-0.2, 0) is 22.9 Å². The molecule has 4 rings (SSSR count). The van der Waals surface area contributed by atoms with Crippen molar-refractivity contribution < 1.29 is 17.9 Å². The lowest BCUT2D eigenvalue weighted by atomic mass is 9.86. The van der Waals surface area contributed by atoms with Crippen LogP contribution in [0.2, 0.25) is 0 Å². The quantitative estimate of drug-likeness (QED) is 0.582. The molecule has 6 nitrogen and oxygen atoms in total. The molecule has 0 saturated carbocycles. The molecule has 0 fully saturated rings. The summed E-state index contributed by atoms with van der Waals surface area (Å²) in [6, 6.07) is 12.9. The fourth-order valence-corrected chi connectivity index (χ4v) is 6.06. The molecule has 1 amide bonds. The highest BCUT2D eigenvalue weighted by Crippen LogP contribution is 2.32. The summed E-state index contributed by atoms with van der Waals surface area (Å²) in [7, 11) is -2.11. The number of benzene rings is 2. The Kier molecular flexibility index (Phi) is 8.06. The molecule has 8 heteroatoms. The smallest absolute Gasteiger partial charge is 0.269 e. The normalized spacial score (nSPS) is 18.1. The van der Waals surface area contributed by atoms with Gasteiger partial charge in [-0.3, -0.25) is 9.69 Å².